The topological polar surface area (TPSA) is 47.6 Å². The normalized spacial score (nSPS) is 14.6. The van der Waals surface area contributed by atoms with E-state index in [9.17, 15) is 4.79 Å². The molecule has 0 aliphatic heterocycles. The van der Waals surface area contributed by atoms with Crippen LogP contribution in [0.2, 0.25) is 0 Å². The van der Waals surface area contributed by atoms with Gasteiger partial charge in [-0.3, -0.25) is 0 Å². The van der Waals surface area contributed by atoms with Crippen LogP contribution in [0.1, 0.15) is 37.0 Å². The first-order valence-electron chi connectivity index (χ1n) is 9.35. The summed E-state index contributed by atoms with van der Waals surface area (Å²) in [5.74, 6) is 0.796. The van der Waals surface area contributed by atoms with E-state index in [4.69, 9.17) is 9.47 Å². The van der Waals surface area contributed by atoms with Crippen molar-refractivity contribution in [2.24, 2.45) is 0 Å². The number of hydrogen-bond acceptors (Lipinski definition) is 3. The third-order valence-electron chi connectivity index (χ3n) is 4.74. The Morgan fingerprint density at radius 1 is 1.07 bits per heavy atom. The number of hydrogen-bond donors (Lipinski definition) is 1. The third-order valence-corrected chi connectivity index (χ3v) is 4.74. The van der Waals surface area contributed by atoms with Crippen molar-refractivity contribution in [2.75, 3.05) is 0 Å². The molecule has 0 saturated heterocycles. The highest BCUT2D eigenvalue weighted by molar-refractivity contribution is 5.89. The van der Waals surface area contributed by atoms with E-state index >= 15 is 0 Å². The Balaban J connectivity index is 1.56. The standard InChI is InChI=1S/C23H23NO3/c1-16(27-23(25)24-20-11-12-20)19-13-18-9-5-6-10-21(18)22(14-19)26-15-17-7-3-2-4-8-17/h2-10,13-14,16,20H,11-12,15H2,1H3,(H,24,25). The van der Waals surface area contributed by atoms with Crippen molar-refractivity contribution in [3.8, 4) is 5.75 Å². The van der Waals surface area contributed by atoms with E-state index in [0.29, 0.717) is 6.61 Å². The molecule has 1 fully saturated rings. The Morgan fingerprint density at radius 2 is 1.81 bits per heavy atom. The molecule has 3 aromatic rings. The molecule has 4 rings (SSSR count). The summed E-state index contributed by atoms with van der Waals surface area (Å²) in [7, 11) is 0. The van der Waals surface area contributed by atoms with Crippen LogP contribution >= 0.6 is 0 Å². The molecule has 1 atom stereocenters. The minimum absolute atomic E-state index is 0.283. The number of alkyl carbamates (subject to hydrolysis) is 1. The number of carbonyl (C=O) groups excluding carboxylic acids is 1. The lowest BCUT2D eigenvalue weighted by Gasteiger charge is -2.17. The Kier molecular flexibility index (Phi) is 4.97. The molecule has 3 aromatic carbocycles. The molecule has 0 heterocycles. The van der Waals surface area contributed by atoms with Crippen LogP contribution in [0.4, 0.5) is 4.79 Å². The van der Waals surface area contributed by atoms with Gasteiger partial charge in [0.1, 0.15) is 18.5 Å². The largest absolute Gasteiger partial charge is 0.488 e. The van der Waals surface area contributed by atoms with Crippen LogP contribution < -0.4 is 10.1 Å². The predicted molar refractivity (Wildman–Crippen MR) is 106 cm³/mol. The second-order valence-electron chi connectivity index (χ2n) is 6.98. The Hall–Kier alpha value is -3.01. The first-order chi connectivity index (χ1) is 13.2. The van der Waals surface area contributed by atoms with Gasteiger partial charge < -0.3 is 14.8 Å². The van der Waals surface area contributed by atoms with Crippen LogP contribution in [0.25, 0.3) is 10.8 Å². The SMILES string of the molecule is CC(OC(=O)NC1CC1)c1cc(OCc2ccccc2)c2ccccc2c1. The Morgan fingerprint density at radius 3 is 2.59 bits per heavy atom. The third kappa shape index (κ3) is 4.40. The summed E-state index contributed by atoms with van der Waals surface area (Å²) in [5.41, 5.74) is 2.03. The van der Waals surface area contributed by atoms with E-state index in [-0.39, 0.29) is 18.2 Å². The quantitative estimate of drug-likeness (QED) is 0.642. The van der Waals surface area contributed by atoms with Crippen LogP contribution in [-0.4, -0.2) is 12.1 Å². The zero-order chi connectivity index (χ0) is 18.6. The van der Waals surface area contributed by atoms with Crippen LogP contribution in [-0.2, 0) is 11.3 Å². The number of nitrogens with one attached hydrogen (secondary N) is 1. The number of amides is 1. The van der Waals surface area contributed by atoms with Gasteiger partial charge in [-0.05, 0) is 48.4 Å². The fourth-order valence-corrected chi connectivity index (χ4v) is 3.04. The van der Waals surface area contributed by atoms with Gasteiger partial charge >= 0.3 is 6.09 Å². The summed E-state index contributed by atoms with van der Waals surface area (Å²) in [4.78, 5) is 12.0. The fraction of sp³-hybridized carbons (Fsp3) is 0.261. The highest BCUT2D eigenvalue weighted by atomic mass is 16.6. The molecule has 4 heteroatoms. The molecule has 0 bridgehead atoms. The number of fused-ring (bicyclic) bond motifs is 1. The smallest absolute Gasteiger partial charge is 0.407 e. The average molecular weight is 361 g/mol. The second-order valence-corrected chi connectivity index (χ2v) is 6.98. The Labute approximate surface area is 159 Å². The van der Waals surface area contributed by atoms with E-state index in [1.54, 1.807) is 0 Å². The highest BCUT2D eigenvalue weighted by Crippen LogP contribution is 2.32. The fourth-order valence-electron chi connectivity index (χ4n) is 3.04. The molecule has 1 unspecified atom stereocenters. The van der Waals surface area contributed by atoms with E-state index in [1.807, 2.05) is 67.6 Å². The van der Waals surface area contributed by atoms with Crippen LogP contribution in [0.15, 0.2) is 66.7 Å². The summed E-state index contributed by atoms with van der Waals surface area (Å²) in [6, 6.07) is 22.5. The first kappa shape index (κ1) is 17.4. The summed E-state index contributed by atoms with van der Waals surface area (Å²) in [6.45, 7) is 2.38. The molecule has 27 heavy (non-hydrogen) atoms. The van der Waals surface area contributed by atoms with Gasteiger partial charge in [0.05, 0.1) is 0 Å². The lowest BCUT2D eigenvalue weighted by atomic mass is 10.0. The zero-order valence-corrected chi connectivity index (χ0v) is 15.4. The first-order valence-corrected chi connectivity index (χ1v) is 9.35. The van der Waals surface area contributed by atoms with Crippen molar-refractivity contribution in [3.63, 3.8) is 0 Å². The lowest BCUT2D eigenvalue weighted by molar-refractivity contribution is 0.106. The maximum absolute atomic E-state index is 12.0. The maximum Gasteiger partial charge on any atom is 0.407 e. The molecule has 138 valence electrons. The van der Waals surface area contributed by atoms with Crippen LogP contribution in [0.3, 0.4) is 0 Å². The van der Waals surface area contributed by atoms with Gasteiger partial charge in [0.2, 0.25) is 0 Å². The minimum atomic E-state index is -0.357. The van der Waals surface area contributed by atoms with Gasteiger partial charge in [0.15, 0.2) is 0 Å². The van der Waals surface area contributed by atoms with Crippen molar-refractivity contribution >= 4 is 16.9 Å². The van der Waals surface area contributed by atoms with Crippen molar-refractivity contribution in [1.29, 1.82) is 0 Å². The molecule has 1 aliphatic rings. The van der Waals surface area contributed by atoms with Crippen LogP contribution in [0.5, 0.6) is 5.75 Å². The van der Waals surface area contributed by atoms with Gasteiger partial charge in [0, 0.05) is 11.4 Å². The molecule has 0 spiro atoms. The van der Waals surface area contributed by atoms with Crippen LogP contribution in [0, 0.1) is 0 Å². The van der Waals surface area contributed by atoms with Gasteiger partial charge in [0.25, 0.3) is 0 Å². The number of carbonyl (C=O) groups is 1. The number of ether oxygens (including phenoxy) is 2. The predicted octanol–water partition coefficient (Wildman–Crippen LogP) is 5.37. The van der Waals surface area contributed by atoms with Gasteiger partial charge in [-0.2, -0.15) is 0 Å². The molecule has 1 N–H and O–H groups in total. The van der Waals surface area contributed by atoms with E-state index in [2.05, 4.69) is 11.4 Å². The monoisotopic (exact) mass is 361 g/mol. The average Bonchev–Trinajstić information content (AvgIpc) is 3.50. The summed E-state index contributed by atoms with van der Waals surface area (Å²) < 4.78 is 11.7. The minimum Gasteiger partial charge on any atom is -0.488 e. The molecular weight excluding hydrogens is 338 g/mol. The van der Waals surface area contributed by atoms with Gasteiger partial charge in [-0.25, -0.2) is 4.79 Å². The molecule has 1 amide bonds. The summed E-state index contributed by atoms with van der Waals surface area (Å²) >= 11 is 0. The number of rotatable bonds is 6. The van der Waals surface area contributed by atoms with E-state index < -0.39 is 0 Å². The zero-order valence-electron chi connectivity index (χ0n) is 15.4. The van der Waals surface area contributed by atoms with E-state index in [1.165, 1.54) is 0 Å². The molecule has 1 aliphatic carbocycles. The van der Waals surface area contributed by atoms with Crippen molar-refractivity contribution in [1.82, 2.24) is 5.32 Å². The van der Waals surface area contributed by atoms with Crippen molar-refractivity contribution in [2.45, 2.75) is 38.5 Å². The van der Waals surface area contributed by atoms with Gasteiger partial charge in [-0.15, -0.1) is 0 Å². The molecule has 0 aromatic heterocycles. The second kappa shape index (κ2) is 7.70. The van der Waals surface area contributed by atoms with Gasteiger partial charge in [-0.1, -0.05) is 54.6 Å². The molecule has 0 radical (unpaired) electrons. The highest BCUT2D eigenvalue weighted by Gasteiger charge is 2.25. The Bertz CT molecular complexity index is 935. The number of benzene rings is 3. The lowest BCUT2D eigenvalue weighted by Crippen LogP contribution is -2.27. The van der Waals surface area contributed by atoms with Crippen molar-refractivity contribution < 1.29 is 14.3 Å². The molecule has 1 saturated carbocycles. The summed E-state index contributed by atoms with van der Waals surface area (Å²) in [5, 5.41) is 4.97. The molecular formula is C23H23NO3. The van der Waals surface area contributed by atoms with E-state index in [0.717, 1.165) is 40.5 Å². The maximum atomic E-state index is 12.0. The molecule has 4 nitrogen and oxygen atoms in total. The summed E-state index contributed by atoms with van der Waals surface area (Å²) in [6.07, 6.45) is 1.37. The van der Waals surface area contributed by atoms with Crippen molar-refractivity contribution in [3.05, 3.63) is 77.9 Å².